The number of urea groups is 1. The Bertz CT molecular complexity index is 448. The zero-order valence-corrected chi connectivity index (χ0v) is 9.90. The van der Waals surface area contributed by atoms with Crippen LogP contribution in [0.3, 0.4) is 0 Å². The largest absolute Gasteiger partial charge is 0.495 e. The van der Waals surface area contributed by atoms with Gasteiger partial charge in [0.05, 0.1) is 18.4 Å². The maximum atomic E-state index is 11.4. The van der Waals surface area contributed by atoms with E-state index < -0.39 is 12.0 Å². The number of carboxylic acid groups (broad SMARTS) is 1. The molecule has 5 N–H and O–H groups in total. The number of aromatic carboxylic acids is 1. The summed E-state index contributed by atoms with van der Waals surface area (Å²) in [6, 6.07) is 3.72. The third kappa shape index (κ3) is 3.63. The summed E-state index contributed by atoms with van der Waals surface area (Å²) in [7, 11) is 1.43. The summed E-state index contributed by atoms with van der Waals surface area (Å²) in [5, 5.41) is 13.9. The fourth-order valence-corrected chi connectivity index (χ4v) is 1.29. The molecule has 18 heavy (non-hydrogen) atoms. The molecular weight excluding hydrogens is 238 g/mol. The lowest BCUT2D eigenvalue weighted by Gasteiger charge is -2.11. The molecule has 1 aromatic carbocycles. The van der Waals surface area contributed by atoms with Crippen LogP contribution in [0.25, 0.3) is 0 Å². The van der Waals surface area contributed by atoms with Crippen LogP contribution >= 0.6 is 0 Å². The van der Waals surface area contributed by atoms with Gasteiger partial charge in [-0.2, -0.15) is 0 Å². The normalized spacial score (nSPS) is 9.67. The second-order valence-electron chi connectivity index (χ2n) is 3.39. The highest BCUT2D eigenvalue weighted by Gasteiger charge is 2.11. The topological polar surface area (TPSA) is 114 Å². The molecule has 1 rings (SSSR count). The van der Waals surface area contributed by atoms with E-state index in [0.717, 1.165) is 0 Å². The molecule has 7 nitrogen and oxygen atoms in total. The fourth-order valence-electron chi connectivity index (χ4n) is 1.29. The lowest BCUT2D eigenvalue weighted by Crippen LogP contribution is -2.33. The maximum Gasteiger partial charge on any atom is 0.335 e. The first-order valence-electron chi connectivity index (χ1n) is 5.24. The van der Waals surface area contributed by atoms with Crippen LogP contribution in [-0.2, 0) is 0 Å². The second kappa shape index (κ2) is 6.45. The molecular formula is C11H15N3O4. The van der Waals surface area contributed by atoms with Crippen molar-refractivity contribution in [1.82, 2.24) is 5.32 Å². The van der Waals surface area contributed by atoms with E-state index in [1.54, 1.807) is 0 Å². The number of amides is 2. The number of methoxy groups -OCH3 is 1. The number of rotatable bonds is 5. The predicted molar refractivity (Wildman–Crippen MR) is 66.0 cm³/mol. The van der Waals surface area contributed by atoms with E-state index in [4.69, 9.17) is 15.6 Å². The Morgan fingerprint density at radius 1 is 1.44 bits per heavy atom. The van der Waals surface area contributed by atoms with Gasteiger partial charge in [-0.25, -0.2) is 9.59 Å². The molecule has 0 spiro atoms. The van der Waals surface area contributed by atoms with Crippen molar-refractivity contribution in [3.05, 3.63) is 23.8 Å². The van der Waals surface area contributed by atoms with Crippen molar-refractivity contribution in [2.24, 2.45) is 5.73 Å². The highest BCUT2D eigenvalue weighted by molar-refractivity contribution is 5.94. The van der Waals surface area contributed by atoms with Gasteiger partial charge in [-0.15, -0.1) is 0 Å². The van der Waals surface area contributed by atoms with Crippen LogP contribution < -0.4 is 21.1 Å². The first-order valence-corrected chi connectivity index (χ1v) is 5.24. The maximum absolute atomic E-state index is 11.4. The first-order chi connectivity index (χ1) is 8.58. The van der Waals surface area contributed by atoms with Gasteiger partial charge in [0.15, 0.2) is 0 Å². The van der Waals surface area contributed by atoms with E-state index in [1.807, 2.05) is 0 Å². The minimum absolute atomic E-state index is 0.0601. The standard InChI is InChI=1S/C11H15N3O4/c1-18-9-3-2-7(10(15)16)6-8(9)14-11(17)13-5-4-12/h2-3,6H,4-5,12H2,1H3,(H,15,16)(H2,13,14,17). The van der Waals surface area contributed by atoms with Crippen molar-refractivity contribution < 1.29 is 19.4 Å². The minimum atomic E-state index is -1.08. The highest BCUT2D eigenvalue weighted by Crippen LogP contribution is 2.25. The van der Waals surface area contributed by atoms with Crippen LogP contribution in [0, 0.1) is 0 Å². The van der Waals surface area contributed by atoms with Gasteiger partial charge in [-0.3, -0.25) is 0 Å². The van der Waals surface area contributed by atoms with E-state index in [-0.39, 0.29) is 11.3 Å². The summed E-state index contributed by atoms with van der Waals surface area (Å²) in [5.74, 6) is -0.703. The molecule has 2 amide bonds. The minimum Gasteiger partial charge on any atom is -0.495 e. The van der Waals surface area contributed by atoms with Gasteiger partial charge in [-0.1, -0.05) is 0 Å². The predicted octanol–water partition coefficient (Wildman–Crippen LogP) is 0.474. The molecule has 7 heteroatoms. The van der Waals surface area contributed by atoms with Gasteiger partial charge in [0.1, 0.15) is 5.75 Å². The summed E-state index contributed by atoms with van der Waals surface area (Å²) in [6.45, 7) is 0.645. The molecule has 0 atom stereocenters. The van der Waals surface area contributed by atoms with Crippen LogP contribution in [0.2, 0.25) is 0 Å². The number of ether oxygens (including phenoxy) is 1. The Morgan fingerprint density at radius 2 is 2.17 bits per heavy atom. The summed E-state index contributed by atoms with van der Waals surface area (Å²) >= 11 is 0. The Morgan fingerprint density at radius 3 is 2.72 bits per heavy atom. The summed E-state index contributed by atoms with van der Waals surface area (Å²) < 4.78 is 5.03. The van der Waals surface area contributed by atoms with Crippen LogP contribution in [0.15, 0.2) is 18.2 Å². The number of carbonyl (C=O) groups excluding carboxylic acids is 1. The second-order valence-corrected chi connectivity index (χ2v) is 3.39. The van der Waals surface area contributed by atoms with Crippen molar-refractivity contribution in [3.63, 3.8) is 0 Å². The van der Waals surface area contributed by atoms with Gasteiger partial charge in [0.2, 0.25) is 0 Å². The number of nitrogens with one attached hydrogen (secondary N) is 2. The van der Waals surface area contributed by atoms with Crippen LogP contribution in [0.1, 0.15) is 10.4 Å². The van der Waals surface area contributed by atoms with E-state index in [0.29, 0.717) is 18.8 Å². The van der Waals surface area contributed by atoms with Gasteiger partial charge in [0.25, 0.3) is 0 Å². The third-order valence-corrected chi connectivity index (χ3v) is 2.12. The number of benzene rings is 1. The number of nitrogens with two attached hydrogens (primary N) is 1. The fraction of sp³-hybridized carbons (Fsp3) is 0.273. The third-order valence-electron chi connectivity index (χ3n) is 2.12. The number of hydrogen-bond acceptors (Lipinski definition) is 4. The molecule has 0 heterocycles. The van der Waals surface area contributed by atoms with Gasteiger partial charge in [0, 0.05) is 13.1 Å². The summed E-state index contributed by atoms with van der Waals surface area (Å²) in [6.07, 6.45) is 0. The average Bonchev–Trinajstić information content (AvgIpc) is 2.36. The van der Waals surface area contributed by atoms with E-state index in [2.05, 4.69) is 10.6 Å². The molecule has 0 saturated heterocycles. The first kappa shape index (κ1) is 13.8. The molecule has 0 radical (unpaired) electrons. The van der Waals surface area contributed by atoms with Crippen LogP contribution in [0.4, 0.5) is 10.5 Å². The van der Waals surface area contributed by atoms with Gasteiger partial charge >= 0.3 is 12.0 Å². The lowest BCUT2D eigenvalue weighted by atomic mass is 10.2. The van der Waals surface area contributed by atoms with E-state index in [1.165, 1.54) is 25.3 Å². The molecule has 0 unspecified atom stereocenters. The van der Waals surface area contributed by atoms with E-state index in [9.17, 15) is 9.59 Å². The smallest absolute Gasteiger partial charge is 0.335 e. The average molecular weight is 253 g/mol. The molecule has 0 aliphatic heterocycles. The number of carbonyl (C=O) groups is 2. The quantitative estimate of drug-likeness (QED) is 0.609. The molecule has 0 aliphatic rings. The highest BCUT2D eigenvalue weighted by atomic mass is 16.5. The van der Waals surface area contributed by atoms with Crippen molar-refractivity contribution in [3.8, 4) is 5.75 Å². The SMILES string of the molecule is COc1ccc(C(=O)O)cc1NC(=O)NCCN. The molecule has 0 aliphatic carbocycles. The molecule has 0 fully saturated rings. The molecule has 98 valence electrons. The zero-order chi connectivity index (χ0) is 13.5. The van der Waals surface area contributed by atoms with Crippen molar-refractivity contribution in [2.75, 3.05) is 25.5 Å². The number of anilines is 1. The van der Waals surface area contributed by atoms with Crippen LogP contribution in [0.5, 0.6) is 5.75 Å². The number of carboxylic acids is 1. The van der Waals surface area contributed by atoms with Crippen molar-refractivity contribution >= 4 is 17.7 Å². The van der Waals surface area contributed by atoms with Crippen molar-refractivity contribution in [1.29, 1.82) is 0 Å². The van der Waals surface area contributed by atoms with Crippen LogP contribution in [-0.4, -0.2) is 37.3 Å². The molecule has 0 saturated carbocycles. The molecule has 1 aromatic rings. The summed E-state index contributed by atoms with van der Waals surface area (Å²) in [4.78, 5) is 22.3. The Kier molecular flexibility index (Phi) is 4.94. The monoisotopic (exact) mass is 253 g/mol. The molecule has 0 aromatic heterocycles. The number of hydrogen-bond donors (Lipinski definition) is 4. The van der Waals surface area contributed by atoms with Gasteiger partial charge in [-0.05, 0) is 18.2 Å². The Hall–Kier alpha value is -2.28. The van der Waals surface area contributed by atoms with E-state index >= 15 is 0 Å². The lowest BCUT2D eigenvalue weighted by molar-refractivity contribution is 0.0697. The van der Waals surface area contributed by atoms with Crippen molar-refractivity contribution in [2.45, 2.75) is 0 Å². The Balaban J connectivity index is 2.87. The van der Waals surface area contributed by atoms with Gasteiger partial charge < -0.3 is 26.2 Å². The Labute approximate surface area is 104 Å². The molecule has 0 bridgehead atoms. The summed E-state index contributed by atoms with van der Waals surface area (Å²) in [5.41, 5.74) is 5.59. The zero-order valence-electron chi connectivity index (χ0n) is 9.90.